The van der Waals surface area contributed by atoms with Crippen LogP contribution in [-0.4, -0.2) is 29.9 Å². The Kier molecular flexibility index (Phi) is 5.88. The van der Waals surface area contributed by atoms with Gasteiger partial charge in [0.25, 0.3) is 0 Å². The maximum atomic E-state index is 12.5. The summed E-state index contributed by atoms with van der Waals surface area (Å²) in [6.07, 6.45) is 0. The van der Waals surface area contributed by atoms with E-state index in [1.807, 2.05) is 60.7 Å². The van der Waals surface area contributed by atoms with Gasteiger partial charge in [-0.3, -0.25) is 9.69 Å². The van der Waals surface area contributed by atoms with E-state index in [0.29, 0.717) is 0 Å². The molecule has 0 bridgehead atoms. The van der Waals surface area contributed by atoms with Gasteiger partial charge in [0.15, 0.2) is 0 Å². The average molecular weight is 311 g/mol. The Morgan fingerprint density at radius 3 is 1.87 bits per heavy atom. The van der Waals surface area contributed by atoms with E-state index < -0.39 is 6.03 Å². The molecule has 2 rings (SSSR count). The molecule has 0 aromatic heterocycles. The minimum Gasteiger partial charge on any atom is -0.329 e. The number of carbonyl (C=O) groups excluding carboxylic acids is 2. The van der Waals surface area contributed by atoms with Crippen molar-refractivity contribution in [3.63, 3.8) is 0 Å². The van der Waals surface area contributed by atoms with Crippen LogP contribution in [0.4, 0.5) is 4.79 Å². The van der Waals surface area contributed by atoms with Crippen molar-refractivity contribution < 1.29 is 9.59 Å². The second-order valence-corrected chi connectivity index (χ2v) is 5.16. The zero-order valence-corrected chi connectivity index (χ0v) is 13.1. The fourth-order valence-electron chi connectivity index (χ4n) is 2.38. The number of nitrogens with zero attached hydrogens (tertiary/aromatic N) is 1. The van der Waals surface area contributed by atoms with Gasteiger partial charge in [-0.15, -0.1) is 0 Å². The molecular formula is C18H21N3O2. The molecule has 0 saturated heterocycles. The van der Waals surface area contributed by atoms with Crippen molar-refractivity contribution in [2.45, 2.75) is 13.0 Å². The topological polar surface area (TPSA) is 75.4 Å². The summed E-state index contributed by atoms with van der Waals surface area (Å²) in [4.78, 5) is 25.2. The number of amides is 3. The SMILES string of the molecule is CC(=O)N(CCN)C(=O)NC(c1ccccc1)c1ccccc1. The van der Waals surface area contributed by atoms with Crippen LogP contribution in [0.5, 0.6) is 0 Å². The molecule has 0 atom stereocenters. The molecule has 0 aliphatic heterocycles. The molecule has 0 heterocycles. The van der Waals surface area contributed by atoms with E-state index in [2.05, 4.69) is 5.32 Å². The van der Waals surface area contributed by atoms with E-state index in [0.717, 1.165) is 16.0 Å². The van der Waals surface area contributed by atoms with E-state index in [9.17, 15) is 9.59 Å². The van der Waals surface area contributed by atoms with Crippen molar-refractivity contribution in [3.05, 3.63) is 71.8 Å². The van der Waals surface area contributed by atoms with Gasteiger partial charge in [-0.2, -0.15) is 0 Å². The first kappa shape index (κ1) is 16.7. The zero-order valence-electron chi connectivity index (χ0n) is 13.1. The van der Waals surface area contributed by atoms with Gasteiger partial charge in [0, 0.05) is 20.0 Å². The number of nitrogens with one attached hydrogen (secondary N) is 1. The van der Waals surface area contributed by atoms with Crippen molar-refractivity contribution in [3.8, 4) is 0 Å². The molecule has 0 aliphatic carbocycles. The third-order valence-electron chi connectivity index (χ3n) is 3.51. The molecule has 0 unspecified atom stereocenters. The van der Waals surface area contributed by atoms with Crippen LogP contribution >= 0.6 is 0 Å². The number of urea groups is 1. The number of nitrogens with two attached hydrogens (primary N) is 1. The highest BCUT2D eigenvalue weighted by molar-refractivity contribution is 5.93. The quantitative estimate of drug-likeness (QED) is 0.889. The minimum absolute atomic E-state index is 0.192. The maximum Gasteiger partial charge on any atom is 0.324 e. The van der Waals surface area contributed by atoms with E-state index >= 15 is 0 Å². The third kappa shape index (κ3) is 4.40. The Labute approximate surface area is 136 Å². The summed E-state index contributed by atoms with van der Waals surface area (Å²) >= 11 is 0. The minimum atomic E-state index is -0.444. The first-order valence-corrected chi connectivity index (χ1v) is 7.52. The molecule has 0 fully saturated rings. The lowest BCUT2D eigenvalue weighted by Gasteiger charge is -2.25. The van der Waals surface area contributed by atoms with Crippen LogP contribution in [-0.2, 0) is 4.79 Å². The summed E-state index contributed by atoms with van der Waals surface area (Å²) in [6.45, 7) is 1.78. The van der Waals surface area contributed by atoms with Crippen LogP contribution < -0.4 is 11.1 Å². The zero-order chi connectivity index (χ0) is 16.7. The van der Waals surface area contributed by atoms with E-state index in [1.165, 1.54) is 6.92 Å². The van der Waals surface area contributed by atoms with Crippen molar-refractivity contribution >= 4 is 11.9 Å². The fraction of sp³-hybridized carbons (Fsp3) is 0.222. The Balaban J connectivity index is 2.28. The van der Waals surface area contributed by atoms with E-state index in [4.69, 9.17) is 5.73 Å². The highest BCUT2D eigenvalue weighted by Crippen LogP contribution is 2.22. The first-order valence-electron chi connectivity index (χ1n) is 7.52. The Hall–Kier alpha value is -2.66. The summed E-state index contributed by atoms with van der Waals surface area (Å²) in [5.41, 5.74) is 7.38. The number of imide groups is 1. The molecule has 23 heavy (non-hydrogen) atoms. The Morgan fingerprint density at radius 1 is 1.00 bits per heavy atom. The molecule has 0 saturated carbocycles. The van der Waals surface area contributed by atoms with Gasteiger partial charge in [0.2, 0.25) is 5.91 Å². The van der Waals surface area contributed by atoms with Crippen molar-refractivity contribution in [2.24, 2.45) is 5.73 Å². The van der Waals surface area contributed by atoms with Crippen LogP contribution in [0, 0.1) is 0 Å². The molecule has 5 heteroatoms. The number of benzene rings is 2. The first-order chi connectivity index (χ1) is 11.1. The summed E-state index contributed by atoms with van der Waals surface area (Å²) < 4.78 is 0. The molecule has 2 aromatic rings. The Bertz CT molecular complexity index is 604. The molecule has 5 nitrogen and oxygen atoms in total. The fourth-order valence-corrected chi connectivity index (χ4v) is 2.38. The second-order valence-electron chi connectivity index (χ2n) is 5.16. The summed E-state index contributed by atoms with van der Waals surface area (Å²) in [5.74, 6) is -0.326. The molecule has 2 aromatic carbocycles. The summed E-state index contributed by atoms with van der Waals surface area (Å²) in [5, 5.41) is 2.93. The molecule has 3 N–H and O–H groups in total. The van der Waals surface area contributed by atoms with Crippen LogP contribution in [0.25, 0.3) is 0 Å². The van der Waals surface area contributed by atoms with Gasteiger partial charge in [-0.1, -0.05) is 60.7 Å². The van der Waals surface area contributed by atoms with Crippen LogP contribution in [0.2, 0.25) is 0 Å². The van der Waals surface area contributed by atoms with Crippen LogP contribution in [0.15, 0.2) is 60.7 Å². The normalized spacial score (nSPS) is 10.4. The van der Waals surface area contributed by atoms with Gasteiger partial charge in [-0.05, 0) is 11.1 Å². The predicted molar refractivity (Wildman–Crippen MR) is 89.7 cm³/mol. The highest BCUT2D eigenvalue weighted by atomic mass is 16.2. The Morgan fingerprint density at radius 2 is 1.48 bits per heavy atom. The molecule has 0 aliphatic rings. The second kappa shape index (κ2) is 8.10. The monoisotopic (exact) mass is 311 g/mol. The number of rotatable bonds is 5. The smallest absolute Gasteiger partial charge is 0.324 e. The van der Waals surface area contributed by atoms with E-state index in [1.54, 1.807) is 0 Å². The van der Waals surface area contributed by atoms with Gasteiger partial charge in [-0.25, -0.2) is 4.79 Å². The summed E-state index contributed by atoms with van der Waals surface area (Å²) in [6, 6.07) is 18.5. The molecule has 3 amide bonds. The van der Waals surface area contributed by atoms with Crippen molar-refractivity contribution in [2.75, 3.05) is 13.1 Å². The predicted octanol–water partition coefficient (Wildman–Crippen LogP) is 2.29. The molecule has 120 valence electrons. The van der Waals surface area contributed by atoms with Crippen LogP contribution in [0.1, 0.15) is 24.1 Å². The molecular weight excluding hydrogens is 290 g/mol. The van der Waals surface area contributed by atoms with Gasteiger partial charge in [0.05, 0.1) is 6.04 Å². The van der Waals surface area contributed by atoms with Crippen molar-refractivity contribution in [1.82, 2.24) is 10.2 Å². The highest BCUT2D eigenvalue weighted by Gasteiger charge is 2.22. The van der Waals surface area contributed by atoms with Gasteiger partial charge < -0.3 is 11.1 Å². The standard InChI is InChI=1S/C18H21N3O2/c1-14(22)21(13-12-19)18(23)20-17(15-8-4-2-5-9-15)16-10-6-3-7-11-16/h2-11,17H,12-13,19H2,1H3,(H,20,23). The van der Waals surface area contributed by atoms with Gasteiger partial charge >= 0.3 is 6.03 Å². The van der Waals surface area contributed by atoms with Crippen molar-refractivity contribution in [1.29, 1.82) is 0 Å². The maximum absolute atomic E-state index is 12.5. The molecule has 0 spiro atoms. The number of hydrogen-bond donors (Lipinski definition) is 2. The van der Waals surface area contributed by atoms with Crippen LogP contribution in [0.3, 0.4) is 0 Å². The number of carbonyl (C=O) groups is 2. The van der Waals surface area contributed by atoms with Gasteiger partial charge in [0.1, 0.15) is 0 Å². The largest absolute Gasteiger partial charge is 0.329 e. The summed E-state index contributed by atoms with van der Waals surface area (Å²) in [7, 11) is 0. The van der Waals surface area contributed by atoms with E-state index in [-0.39, 0.29) is 25.0 Å². The lowest BCUT2D eigenvalue weighted by molar-refractivity contribution is -0.125. The lowest BCUT2D eigenvalue weighted by Crippen LogP contribution is -2.46. The third-order valence-corrected chi connectivity index (χ3v) is 3.51. The molecule has 0 radical (unpaired) electrons. The lowest BCUT2D eigenvalue weighted by atomic mass is 9.99. The number of hydrogen-bond acceptors (Lipinski definition) is 3. The average Bonchev–Trinajstić information content (AvgIpc) is 2.58.